The standard InChI is InChI=1S/C22H28N4O2/c1-16(2)28-20-11-7-6-10-19(20)26-22-24-14-18(15-25-22)21(27)23-13-12-17-8-4-3-5-9-17/h6-8,10-11,14-16H,3-5,9,12-13H2,1-2H3,(H,23,27)(H,24,25,26). The van der Waals surface area contributed by atoms with Crippen molar-refractivity contribution >= 4 is 17.5 Å². The minimum atomic E-state index is -0.147. The van der Waals surface area contributed by atoms with E-state index in [0.717, 1.165) is 30.7 Å². The van der Waals surface area contributed by atoms with Crippen molar-refractivity contribution in [3.8, 4) is 5.75 Å². The normalized spacial score (nSPS) is 13.8. The number of hydrogen-bond donors (Lipinski definition) is 2. The van der Waals surface area contributed by atoms with Gasteiger partial charge in [0.05, 0.1) is 17.4 Å². The lowest BCUT2D eigenvalue weighted by molar-refractivity contribution is 0.0953. The molecule has 0 atom stereocenters. The van der Waals surface area contributed by atoms with E-state index in [4.69, 9.17) is 4.74 Å². The summed E-state index contributed by atoms with van der Waals surface area (Å²) in [5.74, 6) is 1.01. The number of carbonyl (C=O) groups excluding carboxylic acids is 1. The topological polar surface area (TPSA) is 76.1 Å². The van der Waals surface area contributed by atoms with Gasteiger partial charge in [0, 0.05) is 18.9 Å². The zero-order valence-corrected chi connectivity index (χ0v) is 16.6. The number of nitrogens with one attached hydrogen (secondary N) is 2. The molecule has 0 saturated heterocycles. The molecule has 0 unspecified atom stereocenters. The molecule has 1 aliphatic rings. The van der Waals surface area contributed by atoms with Crippen LogP contribution >= 0.6 is 0 Å². The number of hydrogen-bond acceptors (Lipinski definition) is 5. The van der Waals surface area contributed by atoms with E-state index < -0.39 is 0 Å². The van der Waals surface area contributed by atoms with E-state index in [1.807, 2.05) is 38.1 Å². The summed E-state index contributed by atoms with van der Waals surface area (Å²) in [5, 5.41) is 6.09. The fraction of sp³-hybridized carbons (Fsp3) is 0.409. The van der Waals surface area contributed by atoms with Gasteiger partial charge in [-0.15, -0.1) is 0 Å². The second-order valence-corrected chi connectivity index (χ2v) is 7.20. The van der Waals surface area contributed by atoms with E-state index in [1.165, 1.54) is 30.8 Å². The van der Waals surface area contributed by atoms with Crippen LogP contribution in [0.3, 0.4) is 0 Å². The number of aromatic nitrogens is 2. The second kappa shape index (κ2) is 9.88. The molecule has 6 nitrogen and oxygen atoms in total. The molecule has 28 heavy (non-hydrogen) atoms. The molecular formula is C22H28N4O2. The minimum Gasteiger partial charge on any atom is -0.489 e. The van der Waals surface area contributed by atoms with E-state index in [9.17, 15) is 4.79 Å². The summed E-state index contributed by atoms with van der Waals surface area (Å²) in [7, 11) is 0. The van der Waals surface area contributed by atoms with Crippen LogP contribution in [-0.4, -0.2) is 28.5 Å². The lowest BCUT2D eigenvalue weighted by atomic mass is 9.97. The van der Waals surface area contributed by atoms with Crippen molar-refractivity contribution in [3.63, 3.8) is 0 Å². The number of ether oxygens (including phenoxy) is 1. The van der Waals surface area contributed by atoms with Gasteiger partial charge < -0.3 is 15.4 Å². The Labute approximate surface area is 166 Å². The largest absolute Gasteiger partial charge is 0.489 e. The number of amides is 1. The van der Waals surface area contributed by atoms with Crippen LogP contribution in [-0.2, 0) is 0 Å². The SMILES string of the molecule is CC(C)Oc1ccccc1Nc1ncc(C(=O)NCCC2=CCCCC2)cn1. The molecular weight excluding hydrogens is 352 g/mol. The lowest BCUT2D eigenvalue weighted by Gasteiger charge is -2.14. The van der Waals surface area contributed by atoms with E-state index in [2.05, 4.69) is 26.7 Å². The first-order valence-electron chi connectivity index (χ1n) is 9.92. The minimum absolute atomic E-state index is 0.0688. The molecule has 0 bridgehead atoms. The van der Waals surface area contributed by atoms with Gasteiger partial charge in [-0.1, -0.05) is 23.8 Å². The van der Waals surface area contributed by atoms with Gasteiger partial charge in [0.15, 0.2) is 0 Å². The Hall–Kier alpha value is -2.89. The van der Waals surface area contributed by atoms with Crippen LogP contribution in [0.5, 0.6) is 5.75 Å². The fourth-order valence-corrected chi connectivity index (χ4v) is 3.13. The Bertz CT molecular complexity index is 816. The molecule has 6 heteroatoms. The van der Waals surface area contributed by atoms with Crippen molar-refractivity contribution in [1.29, 1.82) is 0 Å². The smallest absolute Gasteiger partial charge is 0.254 e. The Morgan fingerprint density at radius 3 is 2.68 bits per heavy atom. The van der Waals surface area contributed by atoms with E-state index in [-0.39, 0.29) is 12.0 Å². The van der Waals surface area contributed by atoms with E-state index >= 15 is 0 Å². The summed E-state index contributed by atoms with van der Waals surface area (Å²) in [4.78, 5) is 20.8. The summed E-state index contributed by atoms with van der Waals surface area (Å²) >= 11 is 0. The predicted molar refractivity (Wildman–Crippen MR) is 111 cm³/mol. The first-order chi connectivity index (χ1) is 13.6. The Morgan fingerprint density at radius 1 is 1.18 bits per heavy atom. The maximum Gasteiger partial charge on any atom is 0.254 e. The van der Waals surface area contributed by atoms with Crippen molar-refractivity contribution in [2.75, 3.05) is 11.9 Å². The molecule has 1 heterocycles. The molecule has 0 fully saturated rings. The zero-order valence-electron chi connectivity index (χ0n) is 16.6. The quantitative estimate of drug-likeness (QED) is 0.653. The Kier molecular flexibility index (Phi) is 7.00. The molecule has 148 valence electrons. The first kappa shape index (κ1) is 19.9. The van der Waals surface area contributed by atoms with Crippen LogP contribution in [0.2, 0.25) is 0 Å². The molecule has 0 spiro atoms. The van der Waals surface area contributed by atoms with Crippen LogP contribution < -0.4 is 15.4 Å². The summed E-state index contributed by atoms with van der Waals surface area (Å²) in [6.45, 7) is 4.60. The predicted octanol–water partition coefficient (Wildman–Crippen LogP) is 4.63. The number of carbonyl (C=O) groups is 1. The maximum atomic E-state index is 12.3. The highest BCUT2D eigenvalue weighted by atomic mass is 16.5. The average Bonchev–Trinajstić information content (AvgIpc) is 2.70. The number of nitrogens with zero attached hydrogens (tertiary/aromatic N) is 2. The van der Waals surface area contributed by atoms with Crippen LogP contribution in [0, 0.1) is 0 Å². The third-order valence-corrected chi connectivity index (χ3v) is 4.53. The molecule has 3 rings (SSSR count). The van der Waals surface area contributed by atoms with E-state index in [1.54, 1.807) is 0 Å². The van der Waals surface area contributed by atoms with Gasteiger partial charge in [0.1, 0.15) is 5.75 Å². The molecule has 1 aliphatic carbocycles. The highest BCUT2D eigenvalue weighted by molar-refractivity contribution is 5.93. The summed E-state index contributed by atoms with van der Waals surface area (Å²) in [6, 6.07) is 7.63. The lowest BCUT2D eigenvalue weighted by Crippen LogP contribution is -2.25. The summed E-state index contributed by atoms with van der Waals surface area (Å²) < 4.78 is 5.79. The molecule has 0 saturated carbocycles. The highest BCUT2D eigenvalue weighted by Gasteiger charge is 2.10. The van der Waals surface area contributed by atoms with Crippen molar-refractivity contribution in [1.82, 2.24) is 15.3 Å². The Balaban J connectivity index is 1.54. The number of benzene rings is 1. The molecule has 2 aromatic rings. The van der Waals surface area contributed by atoms with Gasteiger partial charge in [0.25, 0.3) is 5.91 Å². The maximum absolute atomic E-state index is 12.3. The molecule has 1 aromatic heterocycles. The number of rotatable bonds is 8. The van der Waals surface area contributed by atoms with Gasteiger partial charge >= 0.3 is 0 Å². The van der Waals surface area contributed by atoms with Crippen molar-refractivity contribution in [2.45, 2.75) is 52.1 Å². The monoisotopic (exact) mass is 380 g/mol. The highest BCUT2D eigenvalue weighted by Crippen LogP contribution is 2.27. The van der Waals surface area contributed by atoms with Gasteiger partial charge in [-0.3, -0.25) is 4.79 Å². The van der Waals surface area contributed by atoms with Crippen LogP contribution in [0.25, 0.3) is 0 Å². The molecule has 0 radical (unpaired) electrons. The van der Waals surface area contributed by atoms with Crippen LogP contribution in [0.15, 0.2) is 48.3 Å². The summed E-state index contributed by atoms with van der Waals surface area (Å²) in [6.07, 6.45) is 11.2. The molecule has 1 amide bonds. The number of para-hydroxylation sites is 2. The molecule has 2 N–H and O–H groups in total. The second-order valence-electron chi connectivity index (χ2n) is 7.20. The van der Waals surface area contributed by atoms with Gasteiger partial charge in [-0.25, -0.2) is 9.97 Å². The van der Waals surface area contributed by atoms with Gasteiger partial charge in [-0.2, -0.15) is 0 Å². The molecule has 0 aliphatic heterocycles. The number of anilines is 2. The molecule has 1 aromatic carbocycles. The third kappa shape index (κ3) is 5.81. The van der Waals surface area contributed by atoms with Crippen molar-refractivity contribution in [2.24, 2.45) is 0 Å². The third-order valence-electron chi connectivity index (χ3n) is 4.53. The van der Waals surface area contributed by atoms with E-state index in [0.29, 0.717) is 18.1 Å². The number of allylic oxidation sites excluding steroid dienone is 1. The zero-order chi connectivity index (χ0) is 19.8. The van der Waals surface area contributed by atoms with Crippen molar-refractivity contribution < 1.29 is 9.53 Å². The van der Waals surface area contributed by atoms with Crippen LogP contribution in [0.4, 0.5) is 11.6 Å². The Morgan fingerprint density at radius 2 is 1.96 bits per heavy atom. The first-order valence-corrected chi connectivity index (χ1v) is 9.92. The average molecular weight is 380 g/mol. The van der Waals surface area contributed by atoms with Crippen LogP contribution in [0.1, 0.15) is 56.3 Å². The van der Waals surface area contributed by atoms with Gasteiger partial charge in [0.2, 0.25) is 5.95 Å². The van der Waals surface area contributed by atoms with Gasteiger partial charge in [-0.05, 0) is 58.1 Å². The fourth-order valence-electron chi connectivity index (χ4n) is 3.13. The van der Waals surface area contributed by atoms with Crippen molar-refractivity contribution in [3.05, 3.63) is 53.9 Å². The summed E-state index contributed by atoms with van der Waals surface area (Å²) in [5.41, 5.74) is 2.69.